The van der Waals surface area contributed by atoms with Crippen LogP contribution in [0.1, 0.15) is 117 Å². The Morgan fingerprint density at radius 1 is 0.607 bits per heavy atom. The molecule has 0 aromatic carbocycles. The molecule has 0 bridgehead atoms. The SMILES string of the molecule is CC/C=C/CCOC(=O)CCCC(=O)OCCCCCCCCCCCCC. The van der Waals surface area contributed by atoms with Crippen LogP contribution in [0.25, 0.3) is 0 Å². The van der Waals surface area contributed by atoms with Gasteiger partial charge >= 0.3 is 11.9 Å². The van der Waals surface area contributed by atoms with Gasteiger partial charge in [-0.05, 0) is 25.7 Å². The van der Waals surface area contributed by atoms with Crippen LogP contribution in [0.5, 0.6) is 0 Å². The lowest BCUT2D eigenvalue weighted by atomic mass is 10.1. The summed E-state index contributed by atoms with van der Waals surface area (Å²) in [5, 5.41) is 0. The molecule has 0 aliphatic heterocycles. The van der Waals surface area contributed by atoms with E-state index in [1.54, 1.807) is 0 Å². The molecule has 28 heavy (non-hydrogen) atoms. The summed E-state index contributed by atoms with van der Waals surface area (Å²) in [5.41, 5.74) is 0. The molecule has 0 aromatic rings. The highest BCUT2D eigenvalue weighted by molar-refractivity contribution is 5.72. The van der Waals surface area contributed by atoms with Crippen LogP contribution in [0.15, 0.2) is 12.2 Å². The fourth-order valence-corrected chi connectivity index (χ4v) is 3.00. The Morgan fingerprint density at radius 3 is 1.64 bits per heavy atom. The van der Waals surface area contributed by atoms with E-state index >= 15 is 0 Å². The number of ether oxygens (including phenoxy) is 2. The molecule has 0 N–H and O–H groups in total. The number of unbranched alkanes of at least 4 members (excludes halogenated alkanes) is 10. The molecule has 0 spiro atoms. The third kappa shape index (κ3) is 21.0. The average molecular weight is 397 g/mol. The standard InChI is InChI=1S/C24H44O4/c1-3-5-7-9-10-11-12-13-14-15-17-22-28-24(26)20-18-19-23(25)27-21-16-8-6-4-2/h6,8H,3-5,7,9-22H2,1-2H3/b8-6+. The number of hydrogen-bond acceptors (Lipinski definition) is 4. The van der Waals surface area contributed by atoms with Gasteiger partial charge in [-0.15, -0.1) is 0 Å². The Kier molecular flexibility index (Phi) is 20.9. The number of rotatable bonds is 20. The summed E-state index contributed by atoms with van der Waals surface area (Å²) in [5.74, 6) is -0.436. The molecule has 164 valence electrons. The summed E-state index contributed by atoms with van der Waals surface area (Å²) in [6.45, 7) is 5.24. The van der Waals surface area contributed by atoms with Crippen molar-refractivity contribution >= 4 is 11.9 Å². The molecule has 0 saturated heterocycles. The Labute approximate surface area is 173 Å². The summed E-state index contributed by atoms with van der Waals surface area (Å²) in [4.78, 5) is 23.2. The minimum absolute atomic E-state index is 0.203. The van der Waals surface area contributed by atoms with Crippen LogP contribution < -0.4 is 0 Å². The minimum atomic E-state index is -0.233. The van der Waals surface area contributed by atoms with Gasteiger partial charge in [-0.2, -0.15) is 0 Å². The molecular formula is C24H44O4. The molecule has 0 saturated carbocycles. The van der Waals surface area contributed by atoms with Crippen molar-refractivity contribution in [3.63, 3.8) is 0 Å². The van der Waals surface area contributed by atoms with E-state index in [1.807, 2.05) is 6.08 Å². The first-order valence-corrected chi connectivity index (χ1v) is 11.7. The molecule has 0 aliphatic rings. The second kappa shape index (κ2) is 22.0. The molecule has 0 aliphatic carbocycles. The number of carbonyl (C=O) groups excluding carboxylic acids is 2. The Morgan fingerprint density at radius 2 is 1.11 bits per heavy atom. The van der Waals surface area contributed by atoms with Crippen LogP contribution in [0.4, 0.5) is 0 Å². The highest BCUT2D eigenvalue weighted by atomic mass is 16.5. The zero-order valence-electron chi connectivity index (χ0n) is 18.5. The highest BCUT2D eigenvalue weighted by Gasteiger charge is 2.07. The summed E-state index contributed by atoms with van der Waals surface area (Å²) in [7, 11) is 0. The molecule has 4 nitrogen and oxygen atoms in total. The second-order valence-corrected chi connectivity index (χ2v) is 7.50. The van der Waals surface area contributed by atoms with E-state index in [0.717, 1.165) is 25.7 Å². The zero-order chi connectivity index (χ0) is 20.7. The maximum atomic E-state index is 11.7. The predicted octanol–water partition coefficient (Wildman–Crippen LogP) is 6.91. The Bertz CT molecular complexity index is 390. The van der Waals surface area contributed by atoms with Gasteiger partial charge in [-0.25, -0.2) is 0 Å². The van der Waals surface area contributed by atoms with Crippen LogP contribution in [0.2, 0.25) is 0 Å². The monoisotopic (exact) mass is 396 g/mol. The normalized spacial score (nSPS) is 11.1. The third-order valence-corrected chi connectivity index (χ3v) is 4.72. The first kappa shape index (κ1) is 26.7. The summed E-state index contributed by atoms with van der Waals surface area (Å²) in [6, 6.07) is 0. The molecule has 0 unspecified atom stereocenters. The first-order chi connectivity index (χ1) is 13.7. The topological polar surface area (TPSA) is 52.6 Å². The second-order valence-electron chi connectivity index (χ2n) is 7.50. The van der Waals surface area contributed by atoms with Crippen molar-refractivity contribution in [2.75, 3.05) is 13.2 Å². The van der Waals surface area contributed by atoms with Gasteiger partial charge in [0.15, 0.2) is 0 Å². The molecule has 0 fully saturated rings. The van der Waals surface area contributed by atoms with Crippen molar-refractivity contribution in [1.82, 2.24) is 0 Å². The van der Waals surface area contributed by atoms with E-state index in [1.165, 1.54) is 57.8 Å². The van der Waals surface area contributed by atoms with E-state index in [9.17, 15) is 9.59 Å². The molecule has 0 heterocycles. The van der Waals surface area contributed by atoms with Gasteiger partial charge in [-0.1, -0.05) is 90.2 Å². The number of hydrogen-bond donors (Lipinski definition) is 0. The third-order valence-electron chi connectivity index (χ3n) is 4.72. The predicted molar refractivity (Wildman–Crippen MR) is 116 cm³/mol. The van der Waals surface area contributed by atoms with Crippen LogP contribution in [-0.2, 0) is 19.1 Å². The fourth-order valence-electron chi connectivity index (χ4n) is 3.00. The molecule has 0 rings (SSSR count). The quantitative estimate of drug-likeness (QED) is 0.127. The van der Waals surface area contributed by atoms with Gasteiger partial charge in [-0.3, -0.25) is 9.59 Å². The smallest absolute Gasteiger partial charge is 0.305 e. The lowest BCUT2D eigenvalue weighted by molar-refractivity contribution is -0.145. The van der Waals surface area contributed by atoms with E-state index in [-0.39, 0.29) is 18.4 Å². The summed E-state index contributed by atoms with van der Waals surface area (Å²) >= 11 is 0. The van der Waals surface area contributed by atoms with Crippen LogP contribution in [0.3, 0.4) is 0 Å². The first-order valence-electron chi connectivity index (χ1n) is 11.7. The van der Waals surface area contributed by atoms with Gasteiger partial charge in [0.1, 0.15) is 0 Å². The molecule has 4 heteroatoms. The maximum absolute atomic E-state index is 11.7. The van der Waals surface area contributed by atoms with Crippen molar-refractivity contribution in [2.24, 2.45) is 0 Å². The van der Waals surface area contributed by atoms with E-state index in [0.29, 0.717) is 26.1 Å². The Balaban J connectivity index is 3.31. The van der Waals surface area contributed by atoms with Gasteiger partial charge in [0.2, 0.25) is 0 Å². The zero-order valence-corrected chi connectivity index (χ0v) is 18.5. The van der Waals surface area contributed by atoms with Gasteiger partial charge < -0.3 is 9.47 Å². The number of allylic oxidation sites excluding steroid dienone is 1. The molecular weight excluding hydrogens is 352 g/mol. The summed E-state index contributed by atoms with van der Waals surface area (Å²) in [6.07, 6.45) is 21.0. The van der Waals surface area contributed by atoms with E-state index in [2.05, 4.69) is 19.9 Å². The molecule has 0 atom stereocenters. The van der Waals surface area contributed by atoms with E-state index in [4.69, 9.17) is 9.47 Å². The minimum Gasteiger partial charge on any atom is -0.466 e. The van der Waals surface area contributed by atoms with Crippen LogP contribution in [-0.4, -0.2) is 25.2 Å². The maximum Gasteiger partial charge on any atom is 0.305 e. The van der Waals surface area contributed by atoms with Crippen LogP contribution >= 0.6 is 0 Å². The summed E-state index contributed by atoms with van der Waals surface area (Å²) < 4.78 is 10.3. The highest BCUT2D eigenvalue weighted by Crippen LogP contribution is 2.11. The fraction of sp³-hybridized carbons (Fsp3) is 0.833. The van der Waals surface area contributed by atoms with Crippen molar-refractivity contribution in [3.8, 4) is 0 Å². The van der Waals surface area contributed by atoms with Gasteiger partial charge in [0.05, 0.1) is 13.2 Å². The van der Waals surface area contributed by atoms with Gasteiger partial charge in [0, 0.05) is 12.8 Å². The molecule has 0 radical (unpaired) electrons. The lowest BCUT2D eigenvalue weighted by Crippen LogP contribution is -2.09. The van der Waals surface area contributed by atoms with Crippen molar-refractivity contribution in [2.45, 2.75) is 117 Å². The number of esters is 2. The Hall–Kier alpha value is -1.32. The lowest BCUT2D eigenvalue weighted by Gasteiger charge is -2.06. The van der Waals surface area contributed by atoms with Crippen molar-refractivity contribution in [3.05, 3.63) is 12.2 Å². The number of carbonyl (C=O) groups is 2. The van der Waals surface area contributed by atoms with E-state index < -0.39 is 0 Å². The van der Waals surface area contributed by atoms with Crippen molar-refractivity contribution < 1.29 is 19.1 Å². The van der Waals surface area contributed by atoms with Crippen molar-refractivity contribution in [1.29, 1.82) is 0 Å². The van der Waals surface area contributed by atoms with Gasteiger partial charge in [0.25, 0.3) is 0 Å². The largest absolute Gasteiger partial charge is 0.466 e. The molecule has 0 aromatic heterocycles. The molecule has 0 amide bonds. The van der Waals surface area contributed by atoms with Crippen LogP contribution in [0, 0.1) is 0 Å². The average Bonchev–Trinajstić information content (AvgIpc) is 2.68.